The highest BCUT2D eigenvalue weighted by Crippen LogP contribution is 2.34. The number of nitrogens with zero attached hydrogens (tertiary/aromatic N) is 3. The van der Waals surface area contributed by atoms with Crippen LogP contribution in [0.1, 0.15) is 33.3 Å². The third-order valence-corrected chi connectivity index (χ3v) is 6.04. The highest BCUT2D eigenvalue weighted by molar-refractivity contribution is 7.13. The van der Waals surface area contributed by atoms with Crippen molar-refractivity contribution in [1.82, 2.24) is 9.88 Å². The van der Waals surface area contributed by atoms with Crippen LogP contribution in [0.15, 0.2) is 41.8 Å². The summed E-state index contributed by atoms with van der Waals surface area (Å²) in [5.41, 5.74) is 0.333. The number of benzene rings is 2. The molecule has 1 aromatic heterocycles. The molecule has 0 radical (unpaired) electrons. The van der Waals surface area contributed by atoms with E-state index in [4.69, 9.17) is 14.2 Å². The third kappa shape index (κ3) is 4.68. The average Bonchev–Trinajstić information content (AvgIpc) is 3.42. The molecule has 0 N–H and O–H groups in total. The number of nitro benzene ring substituents is 1. The molecule has 0 bridgehead atoms. The van der Waals surface area contributed by atoms with Crippen LogP contribution in [0.4, 0.5) is 5.69 Å². The summed E-state index contributed by atoms with van der Waals surface area (Å²) in [6, 6.07) is 9.16. The third-order valence-electron chi connectivity index (χ3n) is 5.10. The number of esters is 1. The van der Waals surface area contributed by atoms with Gasteiger partial charge in [0.2, 0.25) is 0 Å². The maximum absolute atomic E-state index is 12.6. The zero-order valence-electron chi connectivity index (χ0n) is 18.7. The quantitative estimate of drug-likeness (QED) is 0.188. The minimum Gasteiger partial charge on any atom is -0.493 e. The van der Waals surface area contributed by atoms with E-state index in [9.17, 15) is 24.5 Å². The van der Waals surface area contributed by atoms with Crippen LogP contribution >= 0.6 is 11.3 Å². The van der Waals surface area contributed by atoms with E-state index in [0.717, 1.165) is 11.6 Å². The van der Waals surface area contributed by atoms with Gasteiger partial charge in [0.25, 0.3) is 17.5 Å². The fraction of sp³-hybridized carbons (Fsp3) is 0.217. The monoisotopic (exact) mass is 497 g/mol. The van der Waals surface area contributed by atoms with Crippen molar-refractivity contribution >= 4 is 34.8 Å². The second-order valence-corrected chi connectivity index (χ2v) is 8.11. The summed E-state index contributed by atoms with van der Waals surface area (Å²) in [5.74, 6) is -1.36. The molecule has 2 amide bonds. The van der Waals surface area contributed by atoms with E-state index in [1.54, 1.807) is 24.6 Å². The van der Waals surface area contributed by atoms with Gasteiger partial charge in [-0.25, -0.2) is 4.98 Å². The van der Waals surface area contributed by atoms with E-state index in [0.29, 0.717) is 33.7 Å². The largest absolute Gasteiger partial charge is 0.493 e. The Hall–Kier alpha value is -4.32. The van der Waals surface area contributed by atoms with Gasteiger partial charge in [-0.1, -0.05) is 6.07 Å². The second-order valence-electron chi connectivity index (χ2n) is 7.26. The van der Waals surface area contributed by atoms with Crippen molar-refractivity contribution in [3.05, 3.63) is 68.7 Å². The lowest BCUT2D eigenvalue weighted by molar-refractivity contribution is -0.385. The van der Waals surface area contributed by atoms with Crippen LogP contribution in [0.2, 0.25) is 0 Å². The van der Waals surface area contributed by atoms with E-state index in [2.05, 4.69) is 4.98 Å². The zero-order valence-corrected chi connectivity index (χ0v) is 19.5. The first-order chi connectivity index (χ1) is 16.8. The molecule has 3 aromatic rings. The molecule has 2 heterocycles. The number of imide groups is 1. The van der Waals surface area contributed by atoms with Gasteiger partial charge in [0.05, 0.1) is 29.9 Å². The molecule has 11 nitrogen and oxygen atoms in total. The van der Waals surface area contributed by atoms with E-state index in [1.807, 2.05) is 13.0 Å². The van der Waals surface area contributed by atoms with Crippen LogP contribution in [0, 0.1) is 10.1 Å². The lowest BCUT2D eigenvalue weighted by Crippen LogP contribution is -2.35. The van der Waals surface area contributed by atoms with Gasteiger partial charge in [0.15, 0.2) is 11.5 Å². The van der Waals surface area contributed by atoms with Gasteiger partial charge in [-0.2, -0.15) is 0 Å². The van der Waals surface area contributed by atoms with Crippen molar-refractivity contribution in [2.45, 2.75) is 13.5 Å². The minimum absolute atomic E-state index is 0.119. The summed E-state index contributed by atoms with van der Waals surface area (Å²) >= 11 is 1.34. The van der Waals surface area contributed by atoms with Crippen molar-refractivity contribution < 1.29 is 33.5 Å². The number of methoxy groups -OCH3 is 1. The highest BCUT2D eigenvalue weighted by Gasteiger charge is 2.41. The summed E-state index contributed by atoms with van der Waals surface area (Å²) in [6.45, 7) is 1.53. The van der Waals surface area contributed by atoms with Crippen LogP contribution in [0.25, 0.3) is 10.6 Å². The van der Waals surface area contributed by atoms with Crippen molar-refractivity contribution in [3.63, 3.8) is 0 Å². The van der Waals surface area contributed by atoms with Crippen LogP contribution in [0.5, 0.6) is 11.5 Å². The van der Waals surface area contributed by atoms with Gasteiger partial charge in [0.1, 0.15) is 23.7 Å². The van der Waals surface area contributed by atoms with Gasteiger partial charge in [-0.05, 0) is 31.2 Å². The molecule has 0 saturated heterocycles. The minimum atomic E-state index is -0.908. The SMILES string of the molecule is CCOc1ccc(-c2nc(COC(=O)CN3C(=O)c4cccc([N+](=O)[O-])c4C3=O)cs2)cc1OC. The van der Waals surface area contributed by atoms with Crippen LogP contribution in [-0.2, 0) is 16.1 Å². The predicted molar refractivity (Wildman–Crippen MR) is 124 cm³/mol. The molecule has 0 atom stereocenters. The van der Waals surface area contributed by atoms with Crippen molar-refractivity contribution in [1.29, 1.82) is 0 Å². The Labute approximate surface area is 203 Å². The van der Waals surface area contributed by atoms with Crippen molar-refractivity contribution in [2.24, 2.45) is 0 Å². The number of rotatable bonds is 9. The molecular weight excluding hydrogens is 478 g/mol. The Bertz CT molecular complexity index is 1340. The normalized spacial score (nSPS) is 12.5. The fourth-order valence-electron chi connectivity index (χ4n) is 3.52. The lowest BCUT2D eigenvalue weighted by atomic mass is 10.1. The van der Waals surface area contributed by atoms with Crippen LogP contribution in [0.3, 0.4) is 0 Å². The first kappa shape index (κ1) is 23.8. The summed E-state index contributed by atoms with van der Waals surface area (Å²) in [4.78, 5) is 53.0. The number of carbonyl (C=O) groups is 3. The molecule has 35 heavy (non-hydrogen) atoms. The topological polar surface area (TPSA) is 138 Å². The summed E-state index contributed by atoms with van der Waals surface area (Å²) in [5, 5.41) is 13.6. The highest BCUT2D eigenvalue weighted by atomic mass is 32.1. The predicted octanol–water partition coefficient (Wildman–Crippen LogP) is 3.47. The molecule has 2 aromatic carbocycles. The molecule has 1 aliphatic rings. The number of fused-ring (bicyclic) bond motifs is 1. The van der Waals surface area contributed by atoms with Crippen molar-refractivity contribution in [2.75, 3.05) is 20.3 Å². The first-order valence-corrected chi connectivity index (χ1v) is 11.3. The molecule has 0 saturated carbocycles. The van der Waals surface area contributed by atoms with E-state index >= 15 is 0 Å². The standard InChI is InChI=1S/C23H19N3O8S/c1-3-33-17-8-7-13(9-18(17)32-2)21-24-14(12-35-21)11-34-19(27)10-25-22(28)15-5-4-6-16(26(30)31)20(15)23(25)29/h4-9,12H,3,10-11H2,1-2H3. The van der Waals surface area contributed by atoms with Gasteiger partial charge < -0.3 is 14.2 Å². The number of nitro groups is 1. The van der Waals surface area contributed by atoms with Crippen LogP contribution in [-0.4, -0.2) is 52.9 Å². The molecule has 1 aliphatic heterocycles. The first-order valence-electron chi connectivity index (χ1n) is 10.4. The number of ether oxygens (including phenoxy) is 3. The lowest BCUT2D eigenvalue weighted by Gasteiger charge is -2.12. The number of hydrogen-bond acceptors (Lipinski definition) is 10. The molecule has 0 fully saturated rings. The smallest absolute Gasteiger partial charge is 0.326 e. The Kier molecular flexibility index (Phi) is 6.73. The Morgan fingerprint density at radius 2 is 1.97 bits per heavy atom. The molecule has 180 valence electrons. The number of aromatic nitrogens is 1. The molecule has 4 rings (SSSR count). The second kappa shape index (κ2) is 9.89. The molecule has 0 unspecified atom stereocenters. The molecular formula is C23H19N3O8S. The Morgan fingerprint density at radius 1 is 1.17 bits per heavy atom. The van der Waals surface area contributed by atoms with Gasteiger partial charge in [-0.3, -0.25) is 29.4 Å². The van der Waals surface area contributed by atoms with Gasteiger partial charge >= 0.3 is 5.97 Å². The number of amides is 2. The number of thiazole rings is 1. The zero-order chi connectivity index (χ0) is 25.1. The maximum Gasteiger partial charge on any atom is 0.326 e. The summed E-state index contributed by atoms with van der Waals surface area (Å²) < 4.78 is 16.1. The Balaban J connectivity index is 1.40. The van der Waals surface area contributed by atoms with Gasteiger partial charge in [0, 0.05) is 17.0 Å². The van der Waals surface area contributed by atoms with Gasteiger partial charge in [-0.15, -0.1) is 11.3 Å². The fourth-order valence-corrected chi connectivity index (χ4v) is 4.32. The van der Waals surface area contributed by atoms with E-state index in [-0.39, 0.29) is 17.7 Å². The Morgan fingerprint density at radius 3 is 2.69 bits per heavy atom. The van der Waals surface area contributed by atoms with Crippen molar-refractivity contribution in [3.8, 4) is 22.1 Å². The number of hydrogen-bond donors (Lipinski definition) is 0. The summed E-state index contributed by atoms with van der Waals surface area (Å²) in [6.07, 6.45) is 0. The summed E-state index contributed by atoms with van der Waals surface area (Å²) in [7, 11) is 1.54. The van der Waals surface area contributed by atoms with E-state index in [1.165, 1.54) is 23.5 Å². The molecule has 0 spiro atoms. The maximum atomic E-state index is 12.6. The van der Waals surface area contributed by atoms with Crippen LogP contribution < -0.4 is 9.47 Å². The molecule has 0 aliphatic carbocycles. The number of carbonyl (C=O) groups excluding carboxylic acids is 3. The van der Waals surface area contributed by atoms with E-state index < -0.39 is 34.9 Å². The average molecular weight is 497 g/mol. The molecule has 12 heteroatoms.